The fourth-order valence-corrected chi connectivity index (χ4v) is 3.97. The van der Waals surface area contributed by atoms with Crippen LogP contribution in [-0.4, -0.2) is 36.0 Å². The molecule has 0 saturated carbocycles. The van der Waals surface area contributed by atoms with Crippen molar-refractivity contribution in [3.8, 4) is 5.75 Å². The second kappa shape index (κ2) is 7.87. The van der Waals surface area contributed by atoms with Gasteiger partial charge in [-0.2, -0.15) is 0 Å². The van der Waals surface area contributed by atoms with Crippen LogP contribution in [0.5, 0.6) is 5.75 Å². The van der Waals surface area contributed by atoms with E-state index in [1.807, 2.05) is 29.2 Å². The third-order valence-corrected chi connectivity index (χ3v) is 5.61. The summed E-state index contributed by atoms with van der Waals surface area (Å²) in [5.41, 5.74) is 3.65. The zero-order valence-corrected chi connectivity index (χ0v) is 15.8. The van der Waals surface area contributed by atoms with E-state index in [1.165, 1.54) is 16.6 Å². The minimum Gasteiger partial charge on any atom is -0.497 e. The van der Waals surface area contributed by atoms with E-state index < -0.39 is 0 Å². The molecular formula is C23H26N2O2. The summed E-state index contributed by atoms with van der Waals surface area (Å²) >= 11 is 0. The van der Waals surface area contributed by atoms with Crippen LogP contribution < -0.4 is 4.74 Å². The van der Waals surface area contributed by atoms with Gasteiger partial charge in [0, 0.05) is 42.0 Å². The Morgan fingerprint density at radius 2 is 1.89 bits per heavy atom. The maximum absolute atomic E-state index is 12.5. The zero-order chi connectivity index (χ0) is 18.6. The van der Waals surface area contributed by atoms with Crippen molar-refractivity contribution in [2.45, 2.75) is 31.6 Å². The lowest BCUT2D eigenvalue weighted by Crippen LogP contribution is -2.38. The first-order valence-corrected chi connectivity index (χ1v) is 9.71. The van der Waals surface area contributed by atoms with Crippen LogP contribution >= 0.6 is 0 Å². The van der Waals surface area contributed by atoms with Crippen LogP contribution in [0.2, 0.25) is 0 Å². The number of nitrogens with zero attached hydrogens (tertiary/aromatic N) is 1. The number of ether oxygens (including phenoxy) is 1. The molecule has 27 heavy (non-hydrogen) atoms. The molecule has 140 valence electrons. The molecule has 1 aromatic heterocycles. The van der Waals surface area contributed by atoms with Gasteiger partial charge in [-0.1, -0.05) is 30.3 Å². The molecule has 4 nitrogen and oxygen atoms in total. The van der Waals surface area contributed by atoms with Crippen molar-refractivity contribution in [3.05, 3.63) is 65.9 Å². The predicted molar refractivity (Wildman–Crippen MR) is 108 cm³/mol. The number of amides is 1. The number of aromatic amines is 1. The molecular weight excluding hydrogens is 336 g/mol. The summed E-state index contributed by atoms with van der Waals surface area (Å²) < 4.78 is 5.31. The Kier molecular flexibility index (Phi) is 5.14. The van der Waals surface area contributed by atoms with Crippen molar-refractivity contribution in [2.24, 2.45) is 0 Å². The minimum atomic E-state index is 0.277. The highest BCUT2D eigenvalue weighted by Crippen LogP contribution is 2.31. The third kappa shape index (κ3) is 4.00. The first-order valence-electron chi connectivity index (χ1n) is 9.71. The van der Waals surface area contributed by atoms with Crippen molar-refractivity contribution in [2.75, 3.05) is 20.2 Å². The molecule has 1 fully saturated rings. The Hall–Kier alpha value is -2.75. The largest absolute Gasteiger partial charge is 0.497 e. The van der Waals surface area contributed by atoms with E-state index in [1.54, 1.807) is 7.11 Å². The fourth-order valence-electron chi connectivity index (χ4n) is 3.97. The molecule has 3 aromatic rings. The summed E-state index contributed by atoms with van der Waals surface area (Å²) in [6.45, 7) is 1.69. The fraction of sp³-hybridized carbons (Fsp3) is 0.348. The second-order valence-corrected chi connectivity index (χ2v) is 7.32. The first kappa shape index (κ1) is 17.7. The van der Waals surface area contributed by atoms with Gasteiger partial charge in [-0.3, -0.25) is 4.79 Å². The van der Waals surface area contributed by atoms with Crippen LogP contribution in [-0.2, 0) is 11.2 Å². The van der Waals surface area contributed by atoms with Crippen LogP contribution in [0.25, 0.3) is 10.9 Å². The van der Waals surface area contributed by atoms with E-state index in [9.17, 15) is 4.79 Å². The number of fused-ring (bicyclic) bond motifs is 1. The van der Waals surface area contributed by atoms with Crippen molar-refractivity contribution in [1.29, 1.82) is 0 Å². The molecule has 1 saturated heterocycles. The van der Waals surface area contributed by atoms with Crippen LogP contribution in [0, 0.1) is 0 Å². The molecule has 1 N–H and O–H groups in total. The number of hydrogen-bond acceptors (Lipinski definition) is 2. The Morgan fingerprint density at radius 3 is 2.63 bits per heavy atom. The summed E-state index contributed by atoms with van der Waals surface area (Å²) in [5, 5.41) is 1.19. The number of carbonyl (C=O) groups excluding carboxylic acids is 1. The lowest BCUT2D eigenvalue weighted by Gasteiger charge is -2.31. The van der Waals surface area contributed by atoms with Crippen molar-refractivity contribution >= 4 is 16.8 Å². The molecule has 0 aliphatic carbocycles. The van der Waals surface area contributed by atoms with Crippen LogP contribution in [0.15, 0.2) is 54.6 Å². The lowest BCUT2D eigenvalue weighted by atomic mass is 9.93. The van der Waals surface area contributed by atoms with Crippen molar-refractivity contribution in [1.82, 2.24) is 9.88 Å². The second-order valence-electron chi connectivity index (χ2n) is 7.32. The van der Waals surface area contributed by atoms with E-state index in [0.717, 1.165) is 43.6 Å². The molecule has 0 atom stereocenters. The highest BCUT2D eigenvalue weighted by atomic mass is 16.5. The van der Waals surface area contributed by atoms with Crippen LogP contribution in [0.1, 0.15) is 36.4 Å². The van der Waals surface area contributed by atoms with Crippen molar-refractivity contribution < 1.29 is 9.53 Å². The Labute approximate surface area is 160 Å². The molecule has 2 aromatic carbocycles. The first-order chi connectivity index (χ1) is 13.2. The van der Waals surface area contributed by atoms with Crippen molar-refractivity contribution in [3.63, 3.8) is 0 Å². The number of piperidine rings is 1. The summed E-state index contributed by atoms with van der Waals surface area (Å²) in [6, 6.07) is 18.6. The van der Waals surface area contributed by atoms with E-state index >= 15 is 0 Å². The van der Waals surface area contributed by atoms with Gasteiger partial charge in [0.25, 0.3) is 0 Å². The number of carbonyl (C=O) groups is 1. The van der Waals surface area contributed by atoms with Gasteiger partial charge >= 0.3 is 0 Å². The molecule has 0 bridgehead atoms. The lowest BCUT2D eigenvalue weighted by molar-refractivity contribution is -0.132. The summed E-state index contributed by atoms with van der Waals surface area (Å²) in [7, 11) is 1.69. The van der Waals surface area contributed by atoms with E-state index in [-0.39, 0.29) is 5.91 Å². The van der Waals surface area contributed by atoms with Crippen LogP contribution in [0.4, 0.5) is 0 Å². The average Bonchev–Trinajstić information content (AvgIpc) is 3.16. The summed E-state index contributed by atoms with van der Waals surface area (Å²) in [5.74, 6) is 1.65. The average molecular weight is 362 g/mol. The topological polar surface area (TPSA) is 45.3 Å². The molecule has 1 aliphatic heterocycles. The number of nitrogens with one attached hydrogen (secondary N) is 1. The van der Waals surface area contributed by atoms with Gasteiger partial charge in [-0.25, -0.2) is 0 Å². The Balaban J connectivity index is 1.33. The number of aromatic nitrogens is 1. The molecule has 1 aliphatic rings. The van der Waals surface area contributed by atoms with Gasteiger partial charge in [-0.05, 0) is 49.1 Å². The monoisotopic (exact) mass is 362 g/mol. The molecule has 0 unspecified atom stereocenters. The molecule has 0 spiro atoms. The molecule has 4 rings (SSSR count). The highest BCUT2D eigenvalue weighted by molar-refractivity contribution is 5.82. The molecule has 2 heterocycles. The summed E-state index contributed by atoms with van der Waals surface area (Å²) in [6.07, 6.45) is 3.45. The standard InChI is InChI=1S/C23H26N2O2/c1-27-20-8-9-21-19(15-20)16-22(24-21)18-11-13-25(14-12-18)23(26)10-7-17-5-3-2-4-6-17/h2-6,8-9,15-16,18,24H,7,10-14H2,1H3. The van der Waals surface area contributed by atoms with E-state index in [2.05, 4.69) is 35.3 Å². The van der Waals surface area contributed by atoms with Gasteiger partial charge < -0.3 is 14.6 Å². The highest BCUT2D eigenvalue weighted by Gasteiger charge is 2.24. The van der Waals surface area contributed by atoms with Gasteiger partial charge in [0.2, 0.25) is 5.91 Å². The molecule has 1 amide bonds. The number of rotatable bonds is 5. The zero-order valence-electron chi connectivity index (χ0n) is 15.8. The van der Waals surface area contributed by atoms with Gasteiger partial charge in [-0.15, -0.1) is 0 Å². The predicted octanol–water partition coefficient (Wildman–Crippen LogP) is 4.52. The number of aryl methyl sites for hydroxylation is 1. The number of hydrogen-bond donors (Lipinski definition) is 1. The molecule has 4 heteroatoms. The Morgan fingerprint density at radius 1 is 1.11 bits per heavy atom. The number of benzene rings is 2. The smallest absolute Gasteiger partial charge is 0.222 e. The number of methoxy groups -OCH3 is 1. The maximum Gasteiger partial charge on any atom is 0.222 e. The van der Waals surface area contributed by atoms with Crippen LogP contribution in [0.3, 0.4) is 0 Å². The van der Waals surface area contributed by atoms with E-state index in [4.69, 9.17) is 4.74 Å². The van der Waals surface area contributed by atoms with Gasteiger partial charge in [0.15, 0.2) is 0 Å². The minimum absolute atomic E-state index is 0.277. The Bertz CT molecular complexity index is 909. The number of H-pyrrole nitrogens is 1. The SMILES string of the molecule is COc1ccc2[nH]c(C3CCN(C(=O)CCc4ccccc4)CC3)cc2c1. The normalized spacial score (nSPS) is 15.2. The molecule has 0 radical (unpaired) electrons. The van der Waals surface area contributed by atoms with Gasteiger partial charge in [0.1, 0.15) is 5.75 Å². The summed E-state index contributed by atoms with van der Waals surface area (Å²) in [4.78, 5) is 18.1. The maximum atomic E-state index is 12.5. The third-order valence-electron chi connectivity index (χ3n) is 5.61. The van der Waals surface area contributed by atoms with E-state index in [0.29, 0.717) is 12.3 Å². The number of likely N-dealkylation sites (tertiary alicyclic amines) is 1. The quantitative estimate of drug-likeness (QED) is 0.725. The van der Waals surface area contributed by atoms with Gasteiger partial charge in [0.05, 0.1) is 7.11 Å².